The van der Waals surface area contributed by atoms with Crippen molar-refractivity contribution in [2.75, 3.05) is 19.6 Å². The number of aliphatic hydroxyl groups is 1. The number of nitrogens with zero attached hydrogens (tertiary/aromatic N) is 1. The average molecular weight is 184 g/mol. The lowest BCUT2D eigenvalue weighted by Crippen LogP contribution is -2.43. The highest BCUT2D eigenvalue weighted by atomic mass is 16.3. The van der Waals surface area contributed by atoms with Crippen LogP contribution in [0.5, 0.6) is 0 Å². The molecule has 1 saturated carbocycles. The molecule has 2 aliphatic rings. The van der Waals surface area contributed by atoms with Gasteiger partial charge in [-0.1, -0.05) is 0 Å². The second kappa shape index (κ2) is 3.23. The SMILES string of the molecule is CC(C(O)CN)N1CCC2(CC2)C1. The lowest BCUT2D eigenvalue weighted by Gasteiger charge is -2.27. The monoisotopic (exact) mass is 184 g/mol. The van der Waals surface area contributed by atoms with Crippen LogP contribution < -0.4 is 5.73 Å². The van der Waals surface area contributed by atoms with Gasteiger partial charge in [-0.2, -0.15) is 0 Å². The largest absolute Gasteiger partial charge is 0.390 e. The highest BCUT2D eigenvalue weighted by Gasteiger charge is 2.48. The van der Waals surface area contributed by atoms with E-state index < -0.39 is 0 Å². The van der Waals surface area contributed by atoms with Crippen LogP contribution in [0.1, 0.15) is 26.2 Å². The van der Waals surface area contributed by atoms with Gasteiger partial charge in [-0.05, 0) is 38.1 Å². The van der Waals surface area contributed by atoms with Crippen LogP contribution in [0.4, 0.5) is 0 Å². The number of aliphatic hydroxyl groups excluding tert-OH is 1. The molecule has 2 rings (SSSR count). The fraction of sp³-hybridized carbons (Fsp3) is 1.00. The zero-order valence-corrected chi connectivity index (χ0v) is 8.37. The maximum Gasteiger partial charge on any atom is 0.0814 e. The van der Waals surface area contributed by atoms with Gasteiger partial charge >= 0.3 is 0 Å². The van der Waals surface area contributed by atoms with Crippen LogP contribution in [-0.4, -0.2) is 41.8 Å². The Morgan fingerprint density at radius 2 is 2.15 bits per heavy atom. The van der Waals surface area contributed by atoms with Gasteiger partial charge < -0.3 is 10.8 Å². The smallest absolute Gasteiger partial charge is 0.0814 e. The number of nitrogens with two attached hydrogens (primary N) is 1. The number of likely N-dealkylation sites (tertiary alicyclic amines) is 1. The fourth-order valence-corrected chi connectivity index (χ4v) is 2.34. The lowest BCUT2D eigenvalue weighted by atomic mass is 10.1. The molecule has 2 unspecified atom stereocenters. The molecule has 0 radical (unpaired) electrons. The number of rotatable bonds is 3. The molecule has 3 nitrogen and oxygen atoms in total. The summed E-state index contributed by atoms with van der Waals surface area (Å²) in [6.07, 6.45) is 3.77. The summed E-state index contributed by atoms with van der Waals surface area (Å²) >= 11 is 0. The van der Waals surface area contributed by atoms with E-state index in [-0.39, 0.29) is 12.1 Å². The summed E-state index contributed by atoms with van der Waals surface area (Å²) in [6, 6.07) is 0.241. The predicted molar refractivity (Wildman–Crippen MR) is 52.4 cm³/mol. The summed E-state index contributed by atoms with van der Waals surface area (Å²) in [5.74, 6) is 0. The Bertz CT molecular complexity index is 191. The minimum absolute atomic E-state index is 0.241. The molecule has 0 amide bonds. The van der Waals surface area contributed by atoms with E-state index in [9.17, 15) is 5.11 Å². The molecule has 1 spiro atoms. The molecule has 0 aromatic heterocycles. The molecule has 2 fully saturated rings. The van der Waals surface area contributed by atoms with Gasteiger partial charge in [-0.3, -0.25) is 4.90 Å². The van der Waals surface area contributed by atoms with Crippen LogP contribution in [-0.2, 0) is 0 Å². The fourth-order valence-electron chi connectivity index (χ4n) is 2.34. The average Bonchev–Trinajstić information content (AvgIpc) is 2.74. The van der Waals surface area contributed by atoms with Crippen LogP contribution in [0.3, 0.4) is 0 Å². The Balaban J connectivity index is 1.87. The second-order valence-corrected chi connectivity index (χ2v) is 4.76. The third kappa shape index (κ3) is 1.73. The molecular weight excluding hydrogens is 164 g/mol. The molecule has 0 aromatic carbocycles. The lowest BCUT2D eigenvalue weighted by molar-refractivity contribution is 0.0752. The van der Waals surface area contributed by atoms with Crippen LogP contribution in [0.2, 0.25) is 0 Å². The van der Waals surface area contributed by atoms with E-state index in [4.69, 9.17) is 5.73 Å². The summed E-state index contributed by atoms with van der Waals surface area (Å²) in [5.41, 5.74) is 6.10. The van der Waals surface area contributed by atoms with E-state index in [2.05, 4.69) is 11.8 Å². The zero-order chi connectivity index (χ0) is 9.47. The van der Waals surface area contributed by atoms with Crippen molar-refractivity contribution in [3.63, 3.8) is 0 Å². The summed E-state index contributed by atoms with van der Waals surface area (Å²) in [5, 5.41) is 9.61. The normalized spacial score (nSPS) is 30.7. The van der Waals surface area contributed by atoms with Gasteiger partial charge in [0.25, 0.3) is 0 Å². The van der Waals surface area contributed by atoms with E-state index in [1.165, 1.54) is 25.8 Å². The summed E-state index contributed by atoms with van der Waals surface area (Å²) in [6.45, 7) is 4.80. The third-order valence-corrected chi connectivity index (χ3v) is 3.80. The Kier molecular flexibility index (Phi) is 2.34. The van der Waals surface area contributed by atoms with Crippen molar-refractivity contribution in [3.05, 3.63) is 0 Å². The van der Waals surface area contributed by atoms with E-state index in [0.717, 1.165) is 6.54 Å². The summed E-state index contributed by atoms with van der Waals surface area (Å²) < 4.78 is 0. The molecule has 1 aliphatic carbocycles. The van der Waals surface area contributed by atoms with E-state index in [1.807, 2.05) is 0 Å². The molecule has 2 atom stereocenters. The first kappa shape index (κ1) is 9.44. The van der Waals surface area contributed by atoms with Gasteiger partial charge in [0, 0.05) is 19.1 Å². The van der Waals surface area contributed by atoms with E-state index in [1.54, 1.807) is 0 Å². The van der Waals surface area contributed by atoms with Crippen molar-refractivity contribution in [2.45, 2.75) is 38.3 Å². The molecule has 0 aromatic rings. The molecule has 3 N–H and O–H groups in total. The van der Waals surface area contributed by atoms with Gasteiger partial charge in [-0.15, -0.1) is 0 Å². The molecule has 1 aliphatic heterocycles. The van der Waals surface area contributed by atoms with Gasteiger partial charge in [0.2, 0.25) is 0 Å². The molecule has 76 valence electrons. The first-order chi connectivity index (χ1) is 6.17. The van der Waals surface area contributed by atoms with Gasteiger partial charge in [0.15, 0.2) is 0 Å². The molecule has 3 heteroatoms. The maximum absolute atomic E-state index is 9.61. The summed E-state index contributed by atoms with van der Waals surface area (Å²) in [4.78, 5) is 2.39. The summed E-state index contributed by atoms with van der Waals surface area (Å²) in [7, 11) is 0. The van der Waals surface area contributed by atoms with Crippen molar-refractivity contribution < 1.29 is 5.11 Å². The minimum Gasteiger partial charge on any atom is -0.390 e. The van der Waals surface area contributed by atoms with Crippen LogP contribution >= 0.6 is 0 Å². The maximum atomic E-state index is 9.61. The quantitative estimate of drug-likeness (QED) is 0.658. The molecule has 1 saturated heterocycles. The number of hydrogen-bond acceptors (Lipinski definition) is 3. The molecule has 13 heavy (non-hydrogen) atoms. The first-order valence-electron chi connectivity index (χ1n) is 5.29. The first-order valence-corrected chi connectivity index (χ1v) is 5.29. The van der Waals surface area contributed by atoms with Crippen molar-refractivity contribution in [1.29, 1.82) is 0 Å². The van der Waals surface area contributed by atoms with Crippen molar-refractivity contribution in [2.24, 2.45) is 11.1 Å². The Hall–Kier alpha value is -0.120. The zero-order valence-electron chi connectivity index (χ0n) is 8.37. The molecule has 0 bridgehead atoms. The van der Waals surface area contributed by atoms with Crippen LogP contribution in [0.15, 0.2) is 0 Å². The van der Waals surface area contributed by atoms with E-state index in [0.29, 0.717) is 12.0 Å². The van der Waals surface area contributed by atoms with Crippen molar-refractivity contribution >= 4 is 0 Å². The Labute approximate surface area is 79.9 Å². The van der Waals surface area contributed by atoms with Gasteiger partial charge in [-0.25, -0.2) is 0 Å². The van der Waals surface area contributed by atoms with Gasteiger partial charge in [0.1, 0.15) is 0 Å². The van der Waals surface area contributed by atoms with Gasteiger partial charge in [0.05, 0.1) is 6.10 Å². The second-order valence-electron chi connectivity index (χ2n) is 4.76. The minimum atomic E-state index is -0.353. The third-order valence-electron chi connectivity index (χ3n) is 3.80. The van der Waals surface area contributed by atoms with Crippen molar-refractivity contribution in [3.8, 4) is 0 Å². The predicted octanol–water partition coefficient (Wildman–Crippen LogP) is 0.180. The standard InChI is InChI=1S/C10H20N2O/c1-8(9(13)6-11)12-5-4-10(7-12)2-3-10/h8-9,13H,2-7,11H2,1H3. The number of hydrogen-bond donors (Lipinski definition) is 2. The Morgan fingerprint density at radius 1 is 1.46 bits per heavy atom. The van der Waals surface area contributed by atoms with Crippen LogP contribution in [0.25, 0.3) is 0 Å². The molecular formula is C10H20N2O. The highest BCUT2D eigenvalue weighted by Crippen LogP contribution is 2.53. The topological polar surface area (TPSA) is 49.5 Å². The Morgan fingerprint density at radius 3 is 2.62 bits per heavy atom. The van der Waals surface area contributed by atoms with Crippen LogP contribution in [0, 0.1) is 5.41 Å². The highest BCUT2D eigenvalue weighted by molar-refractivity contribution is 5.01. The van der Waals surface area contributed by atoms with E-state index >= 15 is 0 Å². The van der Waals surface area contributed by atoms with Crippen molar-refractivity contribution in [1.82, 2.24) is 4.90 Å². The molecule has 1 heterocycles.